The van der Waals surface area contributed by atoms with E-state index in [1.807, 2.05) is 17.9 Å². The van der Waals surface area contributed by atoms with Crippen LogP contribution < -0.4 is 5.32 Å². The lowest BCUT2D eigenvalue weighted by Crippen LogP contribution is -2.09. The highest BCUT2D eigenvalue weighted by Crippen LogP contribution is 2.22. The van der Waals surface area contributed by atoms with Gasteiger partial charge in [0.2, 0.25) is 0 Å². The number of nitrogens with zero attached hydrogens (tertiary/aromatic N) is 4. The first-order valence-electron chi connectivity index (χ1n) is 6.78. The van der Waals surface area contributed by atoms with E-state index in [2.05, 4.69) is 27.2 Å². The van der Waals surface area contributed by atoms with E-state index in [0.717, 1.165) is 41.5 Å². The molecule has 20 heavy (non-hydrogen) atoms. The fraction of sp³-hybridized carbons (Fsp3) is 0.615. The smallest absolute Gasteiger partial charge is 0.191 e. The number of nitrogens with one attached hydrogen (secondary N) is 1. The topological polar surface area (TPSA) is 75.9 Å². The summed E-state index contributed by atoms with van der Waals surface area (Å²) in [6.07, 6.45) is 5.66. The van der Waals surface area contributed by atoms with E-state index in [9.17, 15) is 5.11 Å². The van der Waals surface area contributed by atoms with E-state index in [0.29, 0.717) is 5.92 Å². The highest BCUT2D eigenvalue weighted by atomic mass is 32.2. The van der Waals surface area contributed by atoms with Gasteiger partial charge in [-0.05, 0) is 18.6 Å². The van der Waals surface area contributed by atoms with Gasteiger partial charge in [0, 0.05) is 20.2 Å². The molecule has 0 radical (unpaired) electrons. The highest BCUT2D eigenvalue weighted by molar-refractivity contribution is 7.98. The summed E-state index contributed by atoms with van der Waals surface area (Å²) in [5.41, 5.74) is 1.64. The quantitative estimate of drug-likeness (QED) is 0.601. The first kappa shape index (κ1) is 15.1. The third-order valence-electron chi connectivity index (χ3n) is 3.48. The number of hydrogen-bond acceptors (Lipinski definition) is 6. The van der Waals surface area contributed by atoms with Crippen LogP contribution in [0.3, 0.4) is 0 Å². The highest BCUT2D eigenvalue weighted by Gasteiger charge is 2.13. The van der Waals surface area contributed by atoms with Crippen molar-refractivity contribution in [3.63, 3.8) is 0 Å². The second-order valence-electron chi connectivity index (χ2n) is 4.66. The standard InChI is InChI=1S/C13H21N5OS/c1-4-9(7-19)5-6-18-8-15-10-11(14-2)16-13(20-3)17-12(10)18/h8-9,19H,4-7H2,1-3H3,(H,14,16,17). The molecule has 0 aliphatic heterocycles. The van der Waals surface area contributed by atoms with Crippen LogP contribution in [0.25, 0.3) is 11.2 Å². The van der Waals surface area contributed by atoms with Crippen molar-refractivity contribution in [1.82, 2.24) is 19.5 Å². The molecule has 0 aliphatic carbocycles. The zero-order chi connectivity index (χ0) is 14.5. The van der Waals surface area contributed by atoms with Crippen molar-refractivity contribution in [2.24, 2.45) is 5.92 Å². The minimum absolute atomic E-state index is 0.232. The Morgan fingerprint density at radius 3 is 2.85 bits per heavy atom. The van der Waals surface area contributed by atoms with Crippen LogP contribution in [0, 0.1) is 5.92 Å². The molecule has 0 bridgehead atoms. The van der Waals surface area contributed by atoms with Gasteiger partial charge in [-0.25, -0.2) is 15.0 Å². The summed E-state index contributed by atoms with van der Waals surface area (Å²) < 4.78 is 2.04. The van der Waals surface area contributed by atoms with Crippen molar-refractivity contribution in [2.45, 2.75) is 31.5 Å². The second kappa shape index (κ2) is 6.90. The Bertz CT molecular complexity index is 567. The number of aromatic nitrogens is 4. The first-order chi connectivity index (χ1) is 9.73. The molecule has 0 saturated heterocycles. The van der Waals surface area contributed by atoms with Crippen LogP contribution >= 0.6 is 11.8 Å². The van der Waals surface area contributed by atoms with Gasteiger partial charge >= 0.3 is 0 Å². The fourth-order valence-corrected chi connectivity index (χ4v) is 2.46. The summed E-state index contributed by atoms with van der Waals surface area (Å²) in [5, 5.41) is 13.1. The SMILES string of the molecule is CCC(CO)CCn1cnc2c(NC)nc(SC)nc21. The van der Waals surface area contributed by atoms with E-state index in [1.54, 1.807) is 6.33 Å². The average molecular weight is 295 g/mol. The Balaban J connectivity index is 2.30. The van der Waals surface area contributed by atoms with Gasteiger partial charge in [-0.2, -0.15) is 0 Å². The molecule has 7 heteroatoms. The normalized spacial score (nSPS) is 12.8. The van der Waals surface area contributed by atoms with Crippen molar-refractivity contribution in [2.75, 3.05) is 25.2 Å². The average Bonchev–Trinajstić information content (AvgIpc) is 2.90. The van der Waals surface area contributed by atoms with Crippen molar-refractivity contribution in [3.8, 4) is 0 Å². The van der Waals surface area contributed by atoms with Crippen LogP contribution in [0.15, 0.2) is 11.5 Å². The molecule has 1 unspecified atom stereocenters. The number of anilines is 1. The third-order valence-corrected chi connectivity index (χ3v) is 4.02. The minimum Gasteiger partial charge on any atom is -0.396 e. The Labute approximate surface area is 123 Å². The molecule has 0 saturated carbocycles. The van der Waals surface area contributed by atoms with Gasteiger partial charge in [0.05, 0.1) is 6.33 Å². The fourth-order valence-electron chi connectivity index (χ4n) is 2.10. The molecule has 2 rings (SSSR count). The minimum atomic E-state index is 0.232. The molecule has 0 spiro atoms. The molecule has 2 aromatic heterocycles. The Hall–Kier alpha value is -1.34. The summed E-state index contributed by atoms with van der Waals surface area (Å²) in [4.78, 5) is 13.3. The summed E-state index contributed by atoms with van der Waals surface area (Å²) in [7, 11) is 1.84. The maximum Gasteiger partial charge on any atom is 0.191 e. The molecular formula is C13H21N5OS. The molecule has 0 amide bonds. The second-order valence-corrected chi connectivity index (χ2v) is 5.44. The Kier molecular flexibility index (Phi) is 5.19. The molecule has 2 aromatic rings. The van der Waals surface area contributed by atoms with Gasteiger partial charge in [0.1, 0.15) is 5.52 Å². The molecule has 6 nitrogen and oxygen atoms in total. The van der Waals surface area contributed by atoms with E-state index in [-0.39, 0.29) is 6.61 Å². The molecule has 2 N–H and O–H groups in total. The van der Waals surface area contributed by atoms with Crippen LogP contribution in [-0.4, -0.2) is 44.5 Å². The van der Waals surface area contributed by atoms with E-state index >= 15 is 0 Å². The van der Waals surface area contributed by atoms with Crippen LogP contribution in [0.1, 0.15) is 19.8 Å². The van der Waals surface area contributed by atoms with E-state index in [1.165, 1.54) is 11.8 Å². The molecule has 0 aromatic carbocycles. The van der Waals surface area contributed by atoms with Crippen molar-refractivity contribution in [3.05, 3.63) is 6.33 Å². The van der Waals surface area contributed by atoms with E-state index < -0.39 is 0 Å². The van der Waals surface area contributed by atoms with Crippen LogP contribution in [0.2, 0.25) is 0 Å². The van der Waals surface area contributed by atoms with Crippen LogP contribution in [-0.2, 0) is 6.54 Å². The van der Waals surface area contributed by atoms with E-state index in [4.69, 9.17) is 0 Å². The number of rotatable bonds is 7. The molecule has 0 fully saturated rings. The van der Waals surface area contributed by atoms with Gasteiger partial charge < -0.3 is 15.0 Å². The van der Waals surface area contributed by atoms with Crippen LogP contribution in [0.5, 0.6) is 0 Å². The predicted octanol–water partition coefficient (Wildman–Crippen LogP) is 2.00. The molecular weight excluding hydrogens is 274 g/mol. The number of aryl methyl sites for hydroxylation is 1. The van der Waals surface area contributed by atoms with Crippen LogP contribution in [0.4, 0.5) is 5.82 Å². The summed E-state index contributed by atoms with van der Waals surface area (Å²) in [6, 6.07) is 0. The lowest BCUT2D eigenvalue weighted by atomic mass is 10.0. The number of aliphatic hydroxyl groups is 1. The molecule has 2 heterocycles. The first-order valence-corrected chi connectivity index (χ1v) is 8.01. The predicted molar refractivity (Wildman–Crippen MR) is 82.1 cm³/mol. The maximum atomic E-state index is 9.27. The number of fused-ring (bicyclic) bond motifs is 1. The lowest BCUT2D eigenvalue weighted by Gasteiger charge is -2.12. The number of aliphatic hydroxyl groups excluding tert-OH is 1. The molecule has 1 atom stereocenters. The maximum absolute atomic E-state index is 9.27. The lowest BCUT2D eigenvalue weighted by molar-refractivity contribution is 0.210. The zero-order valence-corrected chi connectivity index (χ0v) is 12.9. The van der Waals surface area contributed by atoms with Crippen molar-refractivity contribution < 1.29 is 5.11 Å². The number of hydrogen-bond donors (Lipinski definition) is 2. The third kappa shape index (κ3) is 3.04. The van der Waals surface area contributed by atoms with Gasteiger partial charge in [0.15, 0.2) is 16.6 Å². The monoisotopic (exact) mass is 295 g/mol. The summed E-state index contributed by atoms with van der Waals surface area (Å²) in [5.74, 6) is 1.09. The summed E-state index contributed by atoms with van der Waals surface area (Å²) in [6.45, 7) is 3.14. The zero-order valence-electron chi connectivity index (χ0n) is 12.1. The summed E-state index contributed by atoms with van der Waals surface area (Å²) >= 11 is 1.52. The van der Waals surface area contributed by atoms with Crippen molar-refractivity contribution in [1.29, 1.82) is 0 Å². The van der Waals surface area contributed by atoms with Gasteiger partial charge in [-0.1, -0.05) is 25.1 Å². The number of imidazole rings is 1. The number of thioether (sulfide) groups is 1. The molecule has 110 valence electrons. The Morgan fingerprint density at radius 2 is 2.25 bits per heavy atom. The van der Waals surface area contributed by atoms with Gasteiger partial charge in [-0.15, -0.1) is 0 Å². The van der Waals surface area contributed by atoms with Gasteiger partial charge in [0.25, 0.3) is 0 Å². The van der Waals surface area contributed by atoms with Crippen molar-refractivity contribution >= 4 is 28.7 Å². The van der Waals surface area contributed by atoms with Gasteiger partial charge in [-0.3, -0.25) is 0 Å². The largest absolute Gasteiger partial charge is 0.396 e. The molecule has 0 aliphatic rings. The Morgan fingerprint density at radius 1 is 1.45 bits per heavy atom.